The van der Waals surface area contributed by atoms with Crippen LogP contribution in [-0.2, 0) is 16.1 Å². The van der Waals surface area contributed by atoms with Crippen molar-refractivity contribution in [2.75, 3.05) is 19.6 Å². The molecule has 168 valence electrons. The van der Waals surface area contributed by atoms with Crippen LogP contribution in [-0.4, -0.2) is 51.1 Å². The van der Waals surface area contributed by atoms with E-state index in [1.54, 1.807) is 11.3 Å². The number of aromatic amines is 1. The third kappa shape index (κ3) is 3.32. The van der Waals surface area contributed by atoms with Crippen LogP contribution in [0.15, 0.2) is 41.9 Å². The average molecular weight is 460 g/mol. The molecular formula is C25H25N5O2S. The minimum absolute atomic E-state index is 0.364. The van der Waals surface area contributed by atoms with Crippen LogP contribution >= 0.6 is 11.3 Å². The first-order valence-electron chi connectivity index (χ1n) is 11.5. The second kappa shape index (κ2) is 7.97. The molecule has 6 rings (SSSR count). The highest BCUT2D eigenvalue weighted by molar-refractivity contribution is 7.16. The van der Waals surface area contributed by atoms with Crippen molar-refractivity contribution in [3.05, 3.63) is 53.2 Å². The van der Waals surface area contributed by atoms with Gasteiger partial charge in [-0.05, 0) is 55.9 Å². The molecule has 7 nitrogen and oxygen atoms in total. The standard InChI is InChI=1S/C25H25N5O2S/c1-2-29-10-7-15(8-11-29)14-30-19-6-4-3-5-17(19)22(28-30)21-20(23(31)27-24(21)32)18-13-26-25-16(18)9-12-33-25/h3-6,9,12-13,15,26H,2,7-8,10-11,14H2,1H3,(H,27,31,32). The molecule has 1 saturated heterocycles. The predicted molar refractivity (Wildman–Crippen MR) is 131 cm³/mol. The lowest BCUT2D eigenvalue weighted by atomic mass is 9.97. The number of hydrogen-bond donors (Lipinski definition) is 2. The molecule has 3 aromatic heterocycles. The van der Waals surface area contributed by atoms with Gasteiger partial charge in [-0.3, -0.25) is 19.6 Å². The van der Waals surface area contributed by atoms with Gasteiger partial charge in [-0.1, -0.05) is 25.1 Å². The molecule has 2 aliphatic heterocycles. The minimum atomic E-state index is -0.383. The van der Waals surface area contributed by atoms with Crippen molar-refractivity contribution >= 4 is 55.4 Å². The molecule has 8 heteroatoms. The quantitative estimate of drug-likeness (QED) is 0.444. The molecule has 2 N–H and O–H groups in total. The number of nitrogens with one attached hydrogen (secondary N) is 2. The molecule has 33 heavy (non-hydrogen) atoms. The Balaban J connectivity index is 1.47. The highest BCUT2D eigenvalue weighted by atomic mass is 32.1. The Morgan fingerprint density at radius 1 is 1.06 bits per heavy atom. The average Bonchev–Trinajstić information content (AvgIpc) is 3.58. The topological polar surface area (TPSA) is 83.0 Å². The number of thiophene rings is 1. The van der Waals surface area contributed by atoms with Gasteiger partial charge in [-0.25, -0.2) is 0 Å². The molecule has 0 unspecified atom stereocenters. The monoisotopic (exact) mass is 459 g/mol. The number of carbonyl (C=O) groups excluding carboxylic acids is 2. The zero-order chi connectivity index (χ0) is 22.5. The van der Waals surface area contributed by atoms with Crippen molar-refractivity contribution in [3.8, 4) is 0 Å². The number of piperidine rings is 1. The summed E-state index contributed by atoms with van der Waals surface area (Å²) in [5.41, 5.74) is 3.09. The maximum Gasteiger partial charge on any atom is 0.261 e. The van der Waals surface area contributed by atoms with E-state index in [-0.39, 0.29) is 11.8 Å². The van der Waals surface area contributed by atoms with E-state index in [0.29, 0.717) is 22.8 Å². The third-order valence-electron chi connectivity index (χ3n) is 6.98. The van der Waals surface area contributed by atoms with Crippen LogP contribution in [0.5, 0.6) is 0 Å². The van der Waals surface area contributed by atoms with Gasteiger partial charge in [0.25, 0.3) is 11.8 Å². The summed E-state index contributed by atoms with van der Waals surface area (Å²) in [6, 6.07) is 9.98. The number of carbonyl (C=O) groups is 2. The molecule has 2 aliphatic rings. The van der Waals surface area contributed by atoms with Gasteiger partial charge in [0.2, 0.25) is 0 Å². The SMILES string of the molecule is CCN1CCC(Cn2nc(C3=C(c4c[nH]c5sccc45)C(=O)NC3=O)c3ccccc32)CC1. The molecule has 1 fully saturated rings. The van der Waals surface area contributed by atoms with Crippen LogP contribution in [0.4, 0.5) is 0 Å². The summed E-state index contributed by atoms with van der Waals surface area (Å²) in [5.74, 6) is -0.203. The second-order valence-corrected chi connectivity index (χ2v) is 9.74. The van der Waals surface area contributed by atoms with E-state index in [1.807, 2.05) is 40.5 Å². The zero-order valence-corrected chi connectivity index (χ0v) is 19.2. The Hall–Kier alpha value is -3.23. The van der Waals surface area contributed by atoms with E-state index < -0.39 is 0 Å². The number of hydrogen-bond acceptors (Lipinski definition) is 5. The van der Waals surface area contributed by atoms with Crippen molar-refractivity contribution in [1.82, 2.24) is 25.0 Å². The summed E-state index contributed by atoms with van der Waals surface area (Å²) in [6.07, 6.45) is 4.10. The number of para-hydroxylation sites is 1. The number of amides is 2. The van der Waals surface area contributed by atoms with Crippen molar-refractivity contribution in [2.45, 2.75) is 26.3 Å². The normalized spacial score (nSPS) is 18.2. The van der Waals surface area contributed by atoms with Gasteiger partial charge >= 0.3 is 0 Å². The van der Waals surface area contributed by atoms with Gasteiger partial charge in [0.15, 0.2) is 0 Å². The van der Waals surface area contributed by atoms with Gasteiger partial charge in [0.1, 0.15) is 10.5 Å². The Bertz CT molecular complexity index is 1420. The number of imide groups is 1. The molecule has 5 heterocycles. The molecule has 0 radical (unpaired) electrons. The summed E-state index contributed by atoms with van der Waals surface area (Å²) < 4.78 is 2.04. The fourth-order valence-corrected chi connectivity index (χ4v) is 5.95. The number of nitrogens with zero attached hydrogens (tertiary/aromatic N) is 3. The van der Waals surface area contributed by atoms with E-state index in [4.69, 9.17) is 5.10 Å². The molecular weight excluding hydrogens is 434 g/mol. The first-order chi connectivity index (χ1) is 16.1. The fourth-order valence-electron chi connectivity index (χ4n) is 5.17. The van der Waals surface area contributed by atoms with Gasteiger partial charge in [0, 0.05) is 29.1 Å². The molecule has 0 bridgehead atoms. The van der Waals surface area contributed by atoms with Crippen LogP contribution < -0.4 is 5.32 Å². The smallest absolute Gasteiger partial charge is 0.261 e. The van der Waals surface area contributed by atoms with Crippen molar-refractivity contribution in [2.24, 2.45) is 5.92 Å². The Kier molecular flexibility index (Phi) is 4.92. The number of benzene rings is 1. The Labute approximate surface area is 195 Å². The lowest BCUT2D eigenvalue weighted by molar-refractivity contribution is -0.122. The summed E-state index contributed by atoms with van der Waals surface area (Å²) >= 11 is 1.58. The van der Waals surface area contributed by atoms with Gasteiger partial charge < -0.3 is 9.88 Å². The summed E-state index contributed by atoms with van der Waals surface area (Å²) in [6.45, 7) is 6.35. The number of fused-ring (bicyclic) bond motifs is 2. The number of aromatic nitrogens is 3. The van der Waals surface area contributed by atoms with E-state index in [0.717, 1.165) is 65.7 Å². The molecule has 1 aromatic carbocycles. The maximum absolute atomic E-state index is 13.0. The fraction of sp³-hybridized carbons (Fsp3) is 0.320. The number of likely N-dealkylation sites (tertiary alicyclic amines) is 1. The Morgan fingerprint density at radius 3 is 2.67 bits per heavy atom. The molecule has 4 aromatic rings. The van der Waals surface area contributed by atoms with E-state index in [9.17, 15) is 9.59 Å². The summed E-state index contributed by atoms with van der Waals surface area (Å²) in [4.78, 5) is 32.6. The highest BCUT2D eigenvalue weighted by Crippen LogP contribution is 2.38. The van der Waals surface area contributed by atoms with Crippen molar-refractivity contribution in [3.63, 3.8) is 0 Å². The van der Waals surface area contributed by atoms with Crippen LogP contribution in [0.2, 0.25) is 0 Å². The van der Waals surface area contributed by atoms with E-state index >= 15 is 0 Å². The van der Waals surface area contributed by atoms with Gasteiger partial charge in [-0.15, -0.1) is 11.3 Å². The molecule has 2 amide bonds. The minimum Gasteiger partial charge on any atom is -0.352 e. The number of rotatable bonds is 5. The largest absolute Gasteiger partial charge is 0.352 e. The maximum atomic E-state index is 13.0. The zero-order valence-electron chi connectivity index (χ0n) is 18.4. The van der Waals surface area contributed by atoms with Crippen LogP contribution in [0.1, 0.15) is 31.0 Å². The van der Waals surface area contributed by atoms with Crippen molar-refractivity contribution in [1.29, 1.82) is 0 Å². The summed E-state index contributed by atoms with van der Waals surface area (Å²) in [5, 5.41) is 11.3. The Morgan fingerprint density at radius 2 is 1.85 bits per heavy atom. The second-order valence-electron chi connectivity index (χ2n) is 8.82. The molecule has 0 atom stereocenters. The molecule has 0 spiro atoms. The first kappa shape index (κ1) is 20.4. The lowest BCUT2D eigenvalue weighted by Crippen LogP contribution is -2.34. The molecule has 0 aliphatic carbocycles. The van der Waals surface area contributed by atoms with Crippen LogP contribution in [0.25, 0.3) is 32.3 Å². The predicted octanol–water partition coefficient (Wildman–Crippen LogP) is 3.88. The third-order valence-corrected chi connectivity index (χ3v) is 7.83. The number of H-pyrrole nitrogens is 1. The molecule has 0 saturated carbocycles. The van der Waals surface area contributed by atoms with E-state index in [1.165, 1.54) is 0 Å². The lowest BCUT2D eigenvalue weighted by Gasteiger charge is -2.31. The van der Waals surface area contributed by atoms with Gasteiger partial charge in [-0.2, -0.15) is 5.10 Å². The van der Waals surface area contributed by atoms with Crippen LogP contribution in [0.3, 0.4) is 0 Å². The highest BCUT2D eigenvalue weighted by Gasteiger charge is 2.36. The van der Waals surface area contributed by atoms with Crippen LogP contribution in [0, 0.1) is 5.92 Å². The first-order valence-corrected chi connectivity index (χ1v) is 12.3. The van der Waals surface area contributed by atoms with E-state index in [2.05, 4.69) is 28.2 Å². The van der Waals surface area contributed by atoms with Crippen molar-refractivity contribution < 1.29 is 9.59 Å². The van der Waals surface area contributed by atoms with Gasteiger partial charge in [0.05, 0.1) is 16.7 Å². The summed E-state index contributed by atoms with van der Waals surface area (Å²) in [7, 11) is 0.